The normalized spacial score (nSPS) is 12.9. The van der Waals surface area contributed by atoms with Gasteiger partial charge in [0.1, 0.15) is 11.8 Å². The van der Waals surface area contributed by atoms with Gasteiger partial charge in [-0.25, -0.2) is 8.42 Å². The molecule has 2 rings (SSSR count). The number of aryl methyl sites for hydroxylation is 1. The Hall–Kier alpha value is -2.78. The molecule has 2 aromatic rings. The van der Waals surface area contributed by atoms with Gasteiger partial charge in [-0.1, -0.05) is 36.7 Å². The summed E-state index contributed by atoms with van der Waals surface area (Å²) in [5.74, 6) is 0.172. The van der Waals surface area contributed by atoms with Gasteiger partial charge in [-0.15, -0.1) is 0 Å². The maximum absolute atomic E-state index is 13.4. The van der Waals surface area contributed by atoms with Crippen LogP contribution in [0.15, 0.2) is 42.5 Å². The molecule has 0 unspecified atom stereocenters. The van der Waals surface area contributed by atoms with E-state index in [-0.39, 0.29) is 43.8 Å². The Morgan fingerprint density at radius 1 is 1.14 bits per heavy atom. The highest BCUT2D eigenvalue weighted by Crippen LogP contribution is 2.27. The largest absolute Gasteiger partial charge is 0.497 e. The van der Waals surface area contributed by atoms with Gasteiger partial charge in [0.05, 0.1) is 19.1 Å². The highest BCUT2D eigenvalue weighted by atomic mass is 35.5. The molecule has 2 atom stereocenters. The number of ether oxygens (including phenoxy) is 1. The van der Waals surface area contributed by atoms with E-state index in [1.165, 1.54) is 9.21 Å². The number of benzene rings is 2. The van der Waals surface area contributed by atoms with Gasteiger partial charge in [0.15, 0.2) is 0 Å². The van der Waals surface area contributed by atoms with Gasteiger partial charge in [-0.2, -0.15) is 0 Å². The molecular weight excluding hydrogens is 514 g/mol. The number of hydrogen-bond donors (Lipinski definition) is 1. The number of methoxy groups -OCH3 is 1. The first-order valence-electron chi connectivity index (χ1n) is 12.3. The standard InChI is InChI=1S/C27H38ClN3O5S/c1-7-20(3)29-27(33)21(4)30(18-22-10-8-11-24(16-22)36-5)26(32)12-9-15-31(37(6,34)35)25-17-23(28)14-13-19(25)2/h8,10-11,13-14,16-17,20-21H,7,9,12,15,18H2,1-6H3,(H,29,33)/t20-,21-/m0/s1. The van der Waals surface area contributed by atoms with Crippen molar-refractivity contribution >= 4 is 39.1 Å². The summed E-state index contributed by atoms with van der Waals surface area (Å²) in [6.07, 6.45) is 2.24. The highest BCUT2D eigenvalue weighted by Gasteiger charge is 2.27. The van der Waals surface area contributed by atoms with E-state index in [1.807, 2.05) is 45.0 Å². The Bertz CT molecular complexity index is 1190. The van der Waals surface area contributed by atoms with Crippen molar-refractivity contribution in [2.24, 2.45) is 0 Å². The van der Waals surface area contributed by atoms with Crippen LogP contribution in [0, 0.1) is 6.92 Å². The third-order valence-corrected chi connectivity index (χ3v) is 7.66. The van der Waals surface area contributed by atoms with E-state index < -0.39 is 16.1 Å². The van der Waals surface area contributed by atoms with Crippen LogP contribution in [0.4, 0.5) is 5.69 Å². The fourth-order valence-electron chi connectivity index (χ4n) is 3.85. The number of nitrogens with one attached hydrogen (secondary N) is 1. The van der Waals surface area contributed by atoms with Crippen LogP contribution < -0.4 is 14.4 Å². The average molecular weight is 552 g/mol. The van der Waals surface area contributed by atoms with E-state index in [4.69, 9.17) is 16.3 Å². The molecule has 0 radical (unpaired) electrons. The van der Waals surface area contributed by atoms with E-state index >= 15 is 0 Å². The number of hydrogen-bond acceptors (Lipinski definition) is 5. The summed E-state index contributed by atoms with van der Waals surface area (Å²) in [6.45, 7) is 7.72. The second kappa shape index (κ2) is 13.7. The summed E-state index contributed by atoms with van der Waals surface area (Å²) < 4.78 is 31.7. The summed E-state index contributed by atoms with van der Waals surface area (Å²) in [5.41, 5.74) is 2.07. The minimum atomic E-state index is -3.61. The number of sulfonamides is 1. The summed E-state index contributed by atoms with van der Waals surface area (Å²) in [6, 6.07) is 11.7. The quantitative estimate of drug-likeness (QED) is 0.394. The monoisotopic (exact) mass is 551 g/mol. The van der Waals surface area contributed by atoms with Gasteiger partial charge < -0.3 is 15.0 Å². The minimum Gasteiger partial charge on any atom is -0.497 e. The van der Waals surface area contributed by atoms with Crippen LogP contribution in [0.25, 0.3) is 0 Å². The first kappa shape index (κ1) is 30.4. The van der Waals surface area contributed by atoms with Crippen molar-refractivity contribution in [3.8, 4) is 5.75 Å². The lowest BCUT2D eigenvalue weighted by atomic mass is 10.1. The molecule has 0 spiro atoms. The molecule has 1 N–H and O–H groups in total. The molecule has 0 aliphatic carbocycles. The van der Waals surface area contributed by atoms with Crippen molar-refractivity contribution in [1.82, 2.24) is 10.2 Å². The van der Waals surface area contributed by atoms with Crippen LogP contribution in [-0.2, 0) is 26.2 Å². The summed E-state index contributed by atoms with van der Waals surface area (Å²) >= 11 is 6.12. The number of nitrogens with zero attached hydrogens (tertiary/aromatic N) is 2. The zero-order chi connectivity index (χ0) is 27.8. The fraction of sp³-hybridized carbons (Fsp3) is 0.481. The lowest BCUT2D eigenvalue weighted by molar-refractivity contribution is -0.140. The van der Waals surface area contributed by atoms with Crippen LogP contribution in [0.3, 0.4) is 0 Å². The first-order chi connectivity index (χ1) is 17.4. The molecule has 10 heteroatoms. The number of carbonyl (C=O) groups is 2. The van der Waals surface area contributed by atoms with E-state index in [0.29, 0.717) is 16.5 Å². The Kier molecular flexibility index (Phi) is 11.3. The molecule has 0 saturated carbocycles. The number of halogens is 1. The van der Waals surface area contributed by atoms with Crippen molar-refractivity contribution < 1.29 is 22.7 Å². The van der Waals surface area contributed by atoms with Gasteiger partial charge in [0.25, 0.3) is 0 Å². The molecule has 2 amide bonds. The van der Waals surface area contributed by atoms with Crippen LogP contribution in [0.2, 0.25) is 5.02 Å². The van der Waals surface area contributed by atoms with Crippen molar-refractivity contribution in [3.63, 3.8) is 0 Å². The summed E-state index contributed by atoms with van der Waals surface area (Å²) in [5, 5.41) is 3.37. The van der Waals surface area contributed by atoms with Crippen molar-refractivity contribution in [1.29, 1.82) is 0 Å². The van der Waals surface area contributed by atoms with E-state index in [0.717, 1.165) is 23.8 Å². The minimum absolute atomic E-state index is 0.0204. The predicted molar refractivity (Wildman–Crippen MR) is 149 cm³/mol. The second-order valence-electron chi connectivity index (χ2n) is 9.24. The Morgan fingerprint density at radius 2 is 1.84 bits per heavy atom. The number of anilines is 1. The maximum Gasteiger partial charge on any atom is 0.242 e. The fourth-order valence-corrected chi connectivity index (χ4v) is 5.03. The van der Waals surface area contributed by atoms with E-state index in [1.54, 1.807) is 32.2 Å². The van der Waals surface area contributed by atoms with Crippen LogP contribution in [0.1, 0.15) is 51.2 Å². The Labute approximate surface area is 226 Å². The van der Waals surface area contributed by atoms with Crippen molar-refractivity contribution in [3.05, 3.63) is 58.6 Å². The first-order valence-corrected chi connectivity index (χ1v) is 14.6. The molecule has 0 fully saturated rings. The Morgan fingerprint density at radius 3 is 2.46 bits per heavy atom. The predicted octanol–water partition coefficient (Wildman–Crippen LogP) is 4.54. The SMILES string of the molecule is CC[C@H](C)NC(=O)[C@H](C)N(Cc1cccc(OC)c1)C(=O)CCCN(c1cc(Cl)ccc1C)S(C)(=O)=O. The molecule has 37 heavy (non-hydrogen) atoms. The highest BCUT2D eigenvalue weighted by molar-refractivity contribution is 7.92. The molecule has 0 aliphatic rings. The van der Waals surface area contributed by atoms with Crippen molar-refractivity contribution in [2.75, 3.05) is 24.2 Å². The number of rotatable bonds is 13. The molecular formula is C27H38ClN3O5S. The lowest BCUT2D eigenvalue weighted by Crippen LogP contribution is -2.49. The molecule has 0 aromatic heterocycles. The molecule has 0 bridgehead atoms. The van der Waals surface area contributed by atoms with Gasteiger partial charge >= 0.3 is 0 Å². The smallest absolute Gasteiger partial charge is 0.242 e. The van der Waals surface area contributed by atoms with Crippen LogP contribution in [-0.4, -0.2) is 57.1 Å². The topological polar surface area (TPSA) is 96.0 Å². The zero-order valence-corrected chi connectivity index (χ0v) is 24.0. The van der Waals surface area contributed by atoms with Gasteiger partial charge in [0.2, 0.25) is 21.8 Å². The lowest BCUT2D eigenvalue weighted by Gasteiger charge is -2.30. The van der Waals surface area contributed by atoms with Crippen LogP contribution in [0.5, 0.6) is 5.75 Å². The van der Waals surface area contributed by atoms with E-state index in [9.17, 15) is 18.0 Å². The van der Waals surface area contributed by atoms with Gasteiger partial charge in [0, 0.05) is 30.6 Å². The zero-order valence-electron chi connectivity index (χ0n) is 22.5. The molecule has 2 aromatic carbocycles. The van der Waals surface area contributed by atoms with Crippen molar-refractivity contribution in [2.45, 2.75) is 65.6 Å². The van der Waals surface area contributed by atoms with Gasteiger partial charge in [-0.3, -0.25) is 13.9 Å². The second-order valence-corrected chi connectivity index (χ2v) is 11.6. The van der Waals surface area contributed by atoms with E-state index in [2.05, 4.69) is 5.32 Å². The maximum atomic E-state index is 13.4. The van der Waals surface area contributed by atoms with Gasteiger partial charge in [-0.05, 0) is 69.0 Å². The molecule has 8 nitrogen and oxygen atoms in total. The average Bonchev–Trinajstić information content (AvgIpc) is 2.85. The summed E-state index contributed by atoms with van der Waals surface area (Å²) in [7, 11) is -2.04. The number of carbonyl (C=O) groups excluding carboxylic acids is 2. The Balaban J connectivity index is 2.23. The third-order valence-electron chi connectivity index (χ3n) is 6.25. The molecule has 0 saturated heterocycles. The third kappa shape index (κ3) is 8.93. The molecule has 204 valence electrons. The molecule has 0 aliphatic heterocycles. The molecule has 0 heterocycles. The number of amides is 2. The van der Waals surface area contributed by atoms with Crippen LogP contribution >= 0.6 is 11.6 Å². The summed E-state index contributed by atoms with van der Waals surface area (Å²) in [4.78, 5) is 27.9.